The lowest BCUT2D eigenvalue weighted by molar-refractivity contribution is 0.0994. The van der Waals surface area contributed by atoms with E-state index in [1.165, 1.54) is 22.2 Å². The van der Waals surface area contributed by atoms with Crippen molar-refractivity contribution in [3.05, 3.63) is 86.5 Å². The quantitative estimate of drug-likeness (QED) is 0.208. The van der Waals surface area contributed by atoms with Crippen molar-refractivity contribution in [3.8, 4) is 5.69 Å². The van der Waals surface area contributed by atoms with Crippen LogP contribution < -0.4 is 5.56 Å². The average molecular weight is 461 g/mol. The summed E-state index contributed by atoms with van der Waals surface area (Å²) in [6, 6.07) is 17.2. The highest BCUT2D eigenvalue weighted by Crippen LogP contribution is 2.36. The minimum absolute atomic E-state index is 0.0296. The Labute approximate surface area is 195 Å². The Hall–Kier alpha value is -2.70. The van der Waals surface area contributed by atoms with E-state index < -0.39 is 0 Å². The van der Waals surface area contributed by atoms with Crippen LogP contribution in [-0.2, 0) is 12.8 Å². The van der Waals surface area contributed by atoms with Gasteiger partial charge in [0.15, 0.2) is 10.9 Å². The predicted octanol–water partition coefficient (Wildman–Crippen LogP) is 6.00. The molecule has 0 saturated heterocycles. The molecule has 2 aromatic carbocycles. The van der Waals surface area contributed by atoms with Gasteiger partial charge in [0.2, 0.25) is 0 Å². The molecule has 2 heterocycles. The maximum absolute atomic E-state index is 13.8. The molecule has 4 nitrogen and oxygen atoms in total. The van der Waals surface area contributed by atoms with Crippen molar-refractivity contribution in [3.63, 3.8) is 0 Å². The minimum Gasteiger partial charge on any atom is -0.293 e. The van der Waals surface area contributed by atoms with Crippen LogP contribution in [0, 0.1) is 6.92 Å². The molecule has 0 amide bonds. The molecule has 0 fully saturated rings. The molecule has 0 N–H and O–H groups in total. The summed E-state index contributed by atoms with van der Waals surface area (Å²) in [6.45, 7) is 3.89. The molecule has 0 bridgehead atoms. The number of carbonyl (C=O) groups excluding carboxylic acids is 1. The number of aromatic nitrogens is 2. The van der Waals surface area contributed by atoms with Crippen LogP contribution in [0.2, 0.25) is 0 Å². The number of nitrogens with zero attached hydrogens (tertiary/aromatic N) is 2. The van der Waals surface area contributed by atoms with Crippen LogP contribution in [0.25, 0.3) is 15.9 Å². The summed E-state index contributed by atoms with van der Waals surface area (Å²) in [7, 11) is 0. The fourth-order valence-electron chi connectivity index (χ4n) is 4.23. The number of thiophene rings is 1. The summed E-state index contributed by atoms with van der Waals surface area (Å²) >= 11 is 3.00. The third-order valence-electron chi connectivity index (χ3n) is 5.96. The monoisotopic (exact) mass is 460 g/mol. The van der Waals surface area contributed by atoms with Crippen LogP contribution >= 0.6 is 23.1 Å². The second-order valence-corrected chi connectivity index (χ2v) is 10.6. The van der Waals surface area contributed by atoms with Crippen LogP contribution in [0.1, 0.15) is 46.1 Å². The molecule has 4 aromatic rings. The molecule has 0 aliphatic heterocycles. The van der Waals surface area contributed by atoms with E-state index in [4.69, 9.17) is 4.98 Å². The van der Waals surface area contributed by atoms with E-state index >= 15 is 0 Å². The Bertz CT molecular complexity index is 1350. The molecule has 5 rings (SSSR count). The van der Waals surface area contributed by atoms with Gasteiger partial charge in [-0.1, -0.05) is 59.8 Å². The van der Waals surface area contributed by atoms with Gasteiger partial charge in [-0.25, -0.2) is 4.98 Å². The molecule has 162 valence electrons. The zero-order valence-corrected chi connectivity index (χ0v) is 19.8. The number of Topliss-reactive ketones (excluding diaryl/α,β-unsaturated/α-hetero) is 1. The van der Waals surface area contributed by atoms with Crippen molar-refractivity contribution in [2.24, 2.45) is 0 Å². The smallest absolute Gasteiger partial charge is 0.267 e. The molecular formula is C26H24N2O2S2. The van der Waals surface area contributed by atoms with E-state index in [9.17, 15) is 9.59 Å². The van der Waals surface area contributed by atoms with E-state index in [0.717, 1.165) is 47.2 Å². The highest BCUT2D eigenvalue weighted by molar-refractivity contribution is 8.00. The lowest BCUT2D eigenvalue weighted by Gasteiger charge is -2.16. The van der Waals surface area contributed by atoms with Crippen molar-refractivity contribution in [2.75, 3.05) is 0 Å². The first kappa shape index (κ1) is 21.2. The molecule has 1 aliphatic carbocycles. The summed E-state index contributed by atoms with van der Waals surface area (Å²) in [6.07, 6.45) is 4.24. The third kappa shape index (κ3) is 3.82. The largest absolute Gasteiger partial charge is 0.293 e. The van der Waals surface area contributed by atoms with E-state index in [0.29, 0.717) is 10.7 Å². The summed E-state index contributed by atoms with van der Waals surface area (Å²) in [5.41, 5.74) is 3.72. The van der Waals surface area contributed by atoms with Crippen LogP contribution in [0.4, 0.5) is 0 Å². The molecule has 1 atom stereocenters. The topological polar surface area (TPSA) is 52.0 Å². The molecule has 1 aliphatic rings. The Balaban J connectivity index is 1.62. The van der Waals surface area contributed by atoms with Gasteiger partial charge in [0.25, 0.3) is 5.56 Å². The van der Waals surface area contributed by atoms with Gasteiger partial charge < -0.3 is 0 Å². The van der Waals surface area contributed by atoms with Crippen LogP contribution in [-0.4, -0.2) is 20.6 Å². The van der Waals surface area contributed by atoms with Gasteiger partial charge in [0.05, 0.1) is 16.3 Å². The van der Waals surface area contributed by atoms with Gasteiger partial charge in [-0.2, -0.15) is 0 Å². The molecule has 0 saturated carbocycles. The Morgan fingerprint density at radius 3 is 2.53 bits per heavy atom. The molecule has 0 radical (unpaired) electrons. The van der Waals surface area contributed by atoms with Crippen LogP contribution in [0.5, 0.6) is 0 Å². The number of rotatable bonds is 5. The van der Waals surface area contributed by atoms with Crippen LogP contribution in [0.3, 0.4) is 0 Å². The number of benzene rings is 2. The van der Waals surface area contributed by atoms with Gasteiger partial charge in [0.1, 0.15) is 4.83 Å². The number of thioether (sulfide) groups is 1. The molecule has 0 spiro atoms. The van der Waals surface area contributed by atoms with E-state index in [1.54, 1.807) is 15.9 Å². The molecule has 6 heteroatoms. The second kappa shape index (κ2) is 8.68. The average Bonchev–Trinajstić information content (AvgIpc) is 3.18. The molecular weight excluding hydrogens is 436 g/mol. The number of hydrogen-bond acceptors (Lipinski definition) is 5. The fraction of sp³-hybridized carbons (Fsp3) is 0.269. The summed E-state index contributed by atoms with van der Waals surface area (Å²) in [5, 5.41) is 0.960. The minimum atomic E-state index is -0.369. The van der Waals surface area contributed by atoms with Gasteiger partial charge >= 0.3 is 0 Å². The normalized spacial score (nSPS) is 14.3. The number of carbonyl (C=O) groups is 1. The first-order valence-electron chi connectivity index (χ1n) is 10.9. The van der Waals surface area contributed by atoms with Gasteiger partial charge in [-0.15, -0.1) is 11.3 Å². The van der Waals surface area contributed by atoms with E-state index in [1.807, 2.05) is 68.4 Å². The molecule has 2 aromatic heterocycles. The Morgan fingerprint density at radius 1 is 1.06 bits per heavy atom. The fourth-order valence-corrected chi connectivity index (χ4v) is 6.54. The maximum atomic E-state index is 13.8. The standard InChI is InChI=1S/C26H24N2O2S2/c1-16-12-14-18(15-13-16)23(29)17(2)31-26-27-24-22(20-10-6-7-11-21(20)32-24)25(30)28(26)19-8-4-3-5-9-19/h3-5,8-9,12-15,17H,6-7,10-11H2,1-2H3/t17-/m0/s1. The van der Waals surface area contributed by atoms with Gasteiger partial charge in [-0.05, 0) is 57.2 Å². The summed E-state index contributed by atoms with van der Waals surface area (Å²) in [5.74, 6) is 0.0365. The van der Waals surface area contributed by atoms with Crippen molar-refractivity contribution >= 4 is 39.1 Å². The Kier molecular flexibility index (Phi) is 5.74. The van der Waals surface area contributed by atoms with Crippen molar-refractivity contribution in [2.45, 2.75) is 49.9 Å². The maximum Gasteiger partial charge on any atom is 0.267 e. The predicted molar refractivity (Wildman–Crippen MR) is 133 cm³/mol. The number of para-hydroxylation sites is 1. The second-order valence-electron chi connectivity index (χ2n) is 8.25. The first-order chi connectivity index (χ1) is 15.5. The Morgan fingerprint density at radius 2 is 1.78 bits per heavy atom. The lowest BCUT2D eigenvalue weighted by Crippen LogP contribution is -2.24. The third-order valence-corrected chi connectivity index (χ3v) is 8.20. The SMILES string of the molecule is Cc1ccc(C(=O)[C@H](C)Sc2nc3sc4c(c3c(=O)n2-c2ccccc2)CCCC4)cc1. The summed E-state index contributed by atoms with van der Waals surface area (Å²) < 4.78 is 1.69. The van der Waals surface area contributed by atoms with E-state index in [2.05, 4.69) is 0 Å². The highest BCUT2D eigenvalue weighted by Gasteiger charge is 2.25. The first-order valence-corrected chi connectivity index (χ1v) is 12.6. The highest BCUT2D eigenvalue weighted by atomic mass is 32.2. The zero-order chi connectivity index (χ0) is 22.2. The number of ketones is 1. The molecule has 32 heavy (non-hydrogen) atoms. The van der Waals surface area contributed by atoms with Crippen molar-refractivity contribution in [1.29, 1.82) is 0 Å². The number of hydrogen-bond donors (Lipinski definition) is 0. The summed E-state index contributed by atoms with van der Waals surface area (Å²) in [4.78, 5) is 33.9. The van der Waals surface area contributed by atoms with Gasteiger partial charge in [-0.3, -0.25) is 14.2 Å². The number of fused-ring (bicyclic) bond motifs is 3. The van der Waals surface area contributed by atoms with Crippen molar-refractivity contribution < 1.29 is 4.79 Å². The lowest BCUT2D eigenvalue weighted by atomic mass is 9.97. The van der Waals surface area contributed by atoms with Crippen molar-refractivity contribution in [1.82, 2.24) is 9.55 Å². The zero-order valence-electron chi connectivity index (χ0n) is 18.1. The number of aryl methyl sites for hydroxylation is 3. The van der Waals surface area contributed by atoms with Crippen LogP contribution in [0.15, 0.2) is 64.5 Å². The van der Waals surface area contributed by atoms with E-state index in [-0.39, 0.29) is 16.6 Å². The molecule has 0 unspecified atom stereocenters. The van der Waals surface area contributed by atoms with Gasteiger partial charge in [0, 0.05) is 10.4 Å².